The third-order valence-electron chi connectivity index (χ3n) is 5.05. The molecule has 0 bridgehead atoms. The van der Waals surface area contributed by atoms with Crippen molar-refractivity contribution in [3.05, 3.63) is 40.5 Å². The molecular weight excluding hydrogens is 352 g/mol. The van der Waals surface area contributed by atoms with E-state index in [4.69, 9.17) is 4.99 Å². The first kappa shape index (κ1) is 20.2. The minimum atomic E-state index is 0.273. The van der Waals surface area contributed by atoms with Crippen LogP contribution in [0, 0.1) is 13.8 Å². The summed E-state index contributed by atoms with van der Waals surface area (Å²) >= 11 is 0. The highest BCUT2D eigenvalue weighted by Crippen LogP contribution is 2.23. The van der Waals surface area contributed by atoms with Crippen LogP contribution in [0.5, 0.6) is 5.75 Å². The number of hydrogen-bond acceptors (Lipinski definition) is 4. The smallest absolute Gasteiger partial charge is 0.191 e. The third kappa shape index (κ3) is 4.64. The Bertz CT molecular complexity index is 832. The molecule has 0 fully saturated rings. The number of benzene rings is 1. The molecule has 3 rings (SSSR count). The van der Waals surface area contributed by atoms with Crippen LogP contribution < -0.4 is 10.6 Å². The van der Waals surface area contributed by atoms with Crippen molar-refractivity contribution in [2.45, 2.75) is 72.5 Å². The minimum absolute atomic E-state index is 0.273. The monoisotopic (exact) mass is 384 g/mol. The zero-order valence-corrected chi connectivity index (χ0v) is 17.6. The van der Waals surface area contributed by atoms with Gasteiger partial charge < -0.3 is 15.7 Å². The van der Waals surface area contributed by atoms with Gasteiger partial charge in [-0.1, -0.05) is 26.0 Å². The van der Waals surface area contributed by atoms with Crippen molar-refractivity contribution < 1.29 is 5.11 Å². The number of aromatic nitrogens is 3. The third-order valence-corrected chi connectivity index (χ3v) is 5.05. The molecule has 3 N–H and O–H groups in total. The van der Waals surface area contributed by atoms with E-state index in [9.17, 15) is 5.11 Å². The Morgan fingerprint density at radius 2 is 2.04 bits per heavy atom. The maximum Gasteiger partial charge on any atom is 0.191 e. The highest BCUT2D eigenvalue weighted by atomic mass is 16.3. The molecule has 1 atom stereocenters. The predicted molar refractivity (Wildman–Crippen MR) is 112 cm³/mol. The molecule has 0 saturated heterocycles. The number of guanidine groups is 1. The number of phenols is 1. The summed E-state index contributed by atoms with van der Waals surface area (Å²) < 4.78 is 2.03. The van der Waals surface area contributed by atoms with Gasteiger partial charge in [-0.05, 0) is 43.9 Å². The number of aryl methyl sites for hydroxylation is 3. The van der Waals surface area contributed by atoms with E-state index in [0.29, 0.717) is 18.2 Å². The van der Waals surface area contributed by atoms with Crippen molar-refractivity contribution in [3.63, 3.8) is 0 Å². The largest absolute Gasteiger partial charge is 0.507 e. The Labute approximate surface area is 167 Å². The SMILES string of the molecule is CCNC(=NCc1cc(C)c(O)c(C)c1)NC1CCc2nc(C(C)C)nn2C1. The number of fused-ring (bicyclic) bond motifs is 1. The van der Waals surface area contributed by atoms with Gasteiger partial charge in [-0.15, -0.1) is 0 Å². The molecule has 1 unspecified atom stereocenters. The zero-order chi connectivity index (χ0) is 20.3. The standard InChI is InChI=1S/C21H32N6O/c1-6-22-21(23-11-16-9-14(4)19(28)15(5)10-16)24-17-7-8-18-25-20(13(2)3)26-27(18)12-17/h9-10,13,17,28H,6-8,11-12H2,1-5H3,(H2,22,23,24). The molecule has 1 aliphatic rings. The van der Waals surface area contributed by atoms with Crippen LogP contribution in [0.3, 0.4) is 0 Å². The second-order valence-corrected chi connectivity index (χ2v) is 7.88. The summed E-state index contributed by atoms with van der Waals surface area (Å²) in [6.07, 6.45) is 1.94. The lowest BCUT2D eigenvalue weighted by Gasteiger charge is -2.25. The molecule has 0 saturated carbocycles. The summed E-state index contributed by atoms with van der Waals surface area (Å²) in [6.45, 7) is 12.3. The lowest BCUT2D eigenvalue weighted by molar-refractivity contribution is 0.391. The maximum absolute atomic E-state index is 9.95. The van der Waals surface area contributed by atoms with E-state index in [1.54, 1.807) is 0 Å². The van der Waals surface area contributed by atoms with Crippen molar-refractivity contribution in [2.75, 3.05) is 6.54 Å². The number of nitrogens with one attached hydrogen (secondary N) is 2. The van der Waals surface area contributed by atoms with Crippen LogP contribution in [0.25, 0.3) is 0 Å². The summed E-state index contributed by atoms with van der Waals surface area (Å²) in [7, 11) is 0. The van der Waals surface area contributed by atoms with Gasteiger partial charge in [0, 0.05) is 24.9 Å². The summed E-state index contributed by atoms with van der Waals surface area (Å²) in [5.41, 5.74) is 2.86. The van der Waals surface area contributed by atoms with Crippen LogP contribution in [0.1, 0.15) is 61.4 Å². The van der Waals surface area contributed by atoms with E-state index >= 15 is 0 Å². The van der Waals surface area contributed by atoms with Crippen LogP contribution in [0.2, 0.25) is 0 Å². The number of rotatable bonds is 5. The minimum Gasteiger partial charge on any atom is -0.507 e. The number of hydrogen-bond donors (Lipinski definition) is 3. The Morgan fingerprint density at radius 3 is 2.68 bits per heavy atom. The van der Waals surface area contributed by atoms with Crippen LogP contribution >= 0.6 is 0 Å². The normalized spacial score (nSPS) is 16.9. The van der Waals surface area contributed by atoms with E-state index in [1.165, 1.54) is 0 Å². The van der Waals surface area contributed by atoms with Crippen LogP contribution in [-0.2, 0) is 19.5 Å². The molecule has 0 spiro atoms. The first-order valence-electron chi connectivity index (χ1n) is 10.1. The number of nitrogens with zero attached hydrogens (tertiary/aromatic N) is 4. The van der Waals surface area contributed by atoms with Gasteiger partial charge in [0.05, 0.1) is 13.1 Å². The molecule has 0 amide bonds. The lowest BCUT2D eigenvalue weighted by Crippen LogP contribution is -2.47. The highest BCUT2D eigenvalue weighted by molar-refractivity contribution is 5.80. The highest BCUT2D eigenvalue weighted by Gasteiger charge is 2.23. The molecule has 0 aliphatic carbocycles. The van der Waals surface area contributed by atoms with Gasteiger partial charge in [-0.2, -0.15) is 5.10 Å². The first-order chi connectivity index (χ1) is 13.4. The van der Waals surface area contributed by atoms with Crippen molar-refractivity contribution in [2.24, 2.45) is 4.99 Å². The van der Waals surface area contributed by atoms with Crippen molar-refractivity contribution >= 4 is 5.96 Å². The van der Waals surface area contributed by atoms with Gasteiger partial charge in [-0.25, -0.2) is 14.7 Å². The van der Waals surface area contributed by atoms with Gasteiger partial charge >= 0.3 is 0 Å². The topological polar surface area (TPSA) is 87.4 Å². The van der Waals surface area contributed by atoms with E-state index in [2.05, 4.69) is 41.5 Å². The number of aromatic hydroxyl groups is 1. The molecule has 7 nitrogen and oxygen atoms in total. The average molecular weight is 385 g/mol. The van der Waals surface area contributed by atoms with Crippen molar-refractivity contribution in [1.82, 2.24) is 25.4 Å². The summed E-state index contributed by atoms with van der Waals surface area (Å²) in [5, 5.41) is 21.5. The predicted octanol–water partition coefficient (Wildman–Crippen LogP) is 2.79. The molecular formula is C21H32N6O. The zero-order valence-electron chi connectivity index (χ0n) is 17.6. The molecule has 7 heteroatoms. The molecule has 1 aromatic carbocycles. The van der Waals surface area contributed by atoms with E-state index in [0.717, 1.165) is 60.2 Å². The maximum atomic E-state index is 9.95. The Morgan fingerprint density at radius 1 is 1.32 bits per heavy atom. The van der Waals surface area contributed by atoms with E-state index in [-0.39, 0.29) is 6.04 Å². The van der Waals surface area contributed by atoms with Crippen LogP contribution in [-0.4, -0.2) is 38.4 Å². The second kappa shape index (κ2) is 8.63. The van der Waals surface area contributed by atoms with Crippen LogP contribution in [0.15, 0.2) is 17.1 Å². The van der Waals surface area contributed by atoms with E-state index in [1.807, 2.05) is 30.7 Å². The molecule has 152 valence electrons. The van der Waals surface area contributed by atoms with E-state index < -0.39 is 0 Å². The quantitative estimate of drug-likeness (QED) is 0.545. The van der Waals surface area contributed by atoms with Gasteiger partial charge in [0.15, 0.2) is 11.8 Å². The molecule has 2 aromatic rings. The summed E-state index contributed by atoms with van der Waals surface area (Å²) in [6, 6.07) is 4.26. The fraction of sp³-hybridized carbons (Fsp3) is 0.571. The average Bonchev–Trinajstić information content (AvgIpc) is 3.08. The first-order valence-corrected chi connectivity index (χ1v) is 10.1. The summed E-state index contributed by atoms with van der Waals surface area (Å²) in [4.78, 5) is 9.40. The second-order valence-electron chi connectivity index (χ2n) is 7.88. The Balaban J connectivity index is 1.68. The number of aliphatic imine (C=N–C) groups is 1. The van der Waals surface area contributed by atoms with Gasteiger partial charge in [0.2, 0.25) is 0 Å². The molecule has 1 aliphatic heterocycles. The molecule has 0 radical (unpaired) electrons. The molecule has 1 aromatic heterocycles. The Hall–Kier alpha value is -2.57. The summed E-state index contributed by atoms with van der Waals surface area (Å²) in [5.74, 6) is 3.53. The Kier molecular flexibility index (Phi) is 6.21. The number of phenolic OH excluding ortho intramolecular Hbond substituents is 1. The molecule has 28 heavy (non-hydrogen) atoms. The lowest BCUT2D eigenvalue weighted by atomic mass is 10.1. The van der Waals surface area contributed by atoms with Crippen molar-refractivity contribution in [1.29, 1.82) is 0 Å². The molecule has 2 heterocycles. The fourth-order valence-electron chi connectivity index (χ4n) is 3.51. The van der Waals surface area contributed by atoms with Crippen LogP contribution in [0.4, 0.5) is 0 Å². The van der Waals surface area contributed by atoms with Gasteiger partial charge in [-0.3, -0.25) is 0 Å². The van der Waals surface area contributed by atoms with Gasteiger partial charge in [0.1, 0.15) is 11.6 Å². The fourth-order valence-corrected chi connectivity index (χ4v) is 3.51. The van der Waals surface area contributed by atoms with Crippen molar-refractivity contribution in [3.8, 4) is 5.75 Å². The van der Waals surface area contributed by atoms with Gasteiger partial charge in [0.25, 0.3) is 0 Å².